The lowest BCUT2D eigenvalue weighted by Gasteiger charge is -2.54. The van der Waals surface area contributed by atoms with Gasteiger partial charge in [0.25, 0.3) is 0 Å². The van der Waals surface area contributed by atoms with Crippen molar-refractivity contribution in [3.05, 3.63) is 84.4 Å². The Hall–Kier alpha value is -3.74. The molecule has 2 saturated heterocycles. The zero-order chi connectivity index (χ0) is 23.2. The molecule has 0 bridgehead atoms. The number of amides is 1. The number of carbonyl (C=O) groups is 1. The quantitative estimate of drug-likeness (QED) is 0.458. The lowest BCUT2D eigenvalue weighted by atomic mass is 9.64. The monoisotopic (exact) mass is 453 g/mol. The van der Waals surface area contributed by atoms with E-state index in [2.05, 4.69) is 27.2 Å². The standard InChI is InChI=1S/C27H27N5O2/c1-31-25(33)26(11-12-27(31,21-17-29-34-19-21)20-7-3-2-4-8-20)13-15-32(16-14-26)24-18-28-22-9-5-6-10-23(22)30-24/h2-10,17-19H,11-16H2,1H3. The highest BCUT2D eigenvalue weighted by atomic mass is 16.5. The van der Waals surface area contributed by atoms with Gasteiger partial charge < -0.3 is 14.3 Å². The van der Waals surface area contributed by atoms with E-state index in [9.17, 15) is 4.79 Å². The third-order valence-electron chi connectivity index (χ3n) is 7.94. The van der Waals surface area contributed by atoms with Crippen LogP contribution in [0.2, 0.25) is 0 Å². The first-order valence-electron chi connectivity index (χ1n) is 11.8. The van der Waals surface area contributed by atoms with Crippen LogP contribution in [0.15, 0.2) is 77.8 Å². The minimum atomic E-state index is -0.565. The number of aromatic nitrogens is 3. The molecule has 7 heteroatoms. The van der Waals surface area contributed by atoms with E-state index in [1.807, 2.05) is 60.6 Å². The molecule has 2 fully saturated rings. The molecule has 2 aliphatic rings. The van der Waals surface area contributed by atoms with E-state index in [4.69, 9.17) is 9.51 Å². The molecule has 7 nitrogen and oxygen atoms in total. The molecule has 2 aromatic heterocycles. The number of nitrogens with zero attached hydrogens (tertiary/aromatic N) is 5. The molecule has 0 radical (unpaired) electrons. The highest BCUT2D eigenvalue weighted by molar-refractivity contribution is 5.85. The zero-order valence-corrected chi connectivity index (χ0v) is 19.2. The van der Waals surface area contributed by atoms with Gasteiger partial charge in [0, 0.05) is 25.7 Å². The molecule has 1 unspecified atom stereocenters. The molecule has 4 heterocycles. The maximum absolute atomic E-state index is 14.0. The normalized spacial score (nSPS) is 22.4. The molecule has 0 N–H and O–H groups in total. The van der Waals surface area contributed by atoms with Crippen LogP contribution in [0, 0.1) is 5.41 Å². The van der Waals surface area contributed by atoms with Crippen molar-refractivity contribution >= 4 is 22.8 Å². The summed E-state index contributed by atoms with van der Waals surface area (Å²) in [5.41, 5.74) is 2.89. The molecule has 1 amide bonds. The summed E-state index contributed by atoms with van der Waals surface area (Å²) >= 11 is 0. The van der Waals surface area contributed by atoms with E-state index < -0.39 is 5.54 Å². The molecule has 172 valence electrons. The highest BCUT2D eigenvalue weighted by Crippen LogP contribution is 2.51. The zero-order valence-electron chi connectivity index (χ0n) is 19.2. The smallest absolute Gasteiger partial charge is 0.229 e. The molecule has 1 spiro atoms. The number of hydrogen-bond donors (Lipinski definition) is 0. The average molecular weight is 454 g/mol. The van der Waals surface area contributed by atoms with Crippen molar-refractivity contribution in [2.45, 2.75) is 31.2 Å². The predicted octanol–water partition coefficient (Wildman–Crippen LogP) is 4.40. The Bertz CT molecular complexity index is 1320. The summed E-state index contributed by atoms with van der Waals surface area (Å²) in [7, 11) is 1.93. The van der Waals surface area contributed by atoms with Gasteiger partial charge in [0.05, 0.1) is 34.4 Å². The molecule has 0 aliphatic carbocycles. The maximum atomic E-state index is 14.0. The summed E-state index contributed by atoms with van der Waals surface area (Å²) in [6, 6.07) is 18.2. The SMILES string of the molecule is CN1C(=O)C2(CCN(c3cnc4ccccc4n3)CC2)CCC1(c1ccccc1)c1cnoc1. The first-order valence-corrected chi connectivity index (χ1v) is 11.8. The van der Waals surface area contributed by atoms with Gasteiger partial charge in [0.1, 0.15) is 12.1 Å². The van der Waals surface area contributed by atoms with E-state index in [-0.39, 0.29) is 11.3 Å². The van der Waals surface area contributed by atoms with Crippen LogP contribution in [0.4, 0.5) is 5.82 Å². The summed E-state index contributed by atoms with van der Waals surface area (Å²) in [5, 5.41) is 3.96. The van der Waals surface area contributed by atoms with E-state index >= 15 is 0 Å². The van der Waals surface area contributed by atoms with Gasteiger partial charge >= 0.3 is 0 Å². The molecule has 1 atom stereocenters. The molecule has 2 aromatic carbocycles. The molecular formula is C27H27N5O2. The number of benzene rings is 2. The Balaban J connectivity index is 1.27. The Kier molecular flexibility index (Phi) is 4.86. The van der Waals surface area contributed by atoms with Gasteiger partial charge in [-0.3, -0.25) is 9.78 Å². The summed E-state index contributed by atoms with van der Waals surface area (Å²) < 4.78 is 5.22. The number of para-hydroxylation sites is 2. The minimum Gasteiger partial charge on any atom is -0.364 e. The molecule has 34 heavy (non-hydrogen) atoms. The van der Waals surface area contributed by atoms with Crippen LogP contribution in [0.25, 0.3) is 11.0 Å². The van der Waals surface area contributed by atoms with Crippen molar-refractivity contribution in [3.8, 4) is 0 Å². The number of fused-ring (bicyclic) bond motifs is 1. The average Bonchev–Trinajstić information content (AvgIpc) is 3.44. The van der Waals surface area contributed by atoms with Gasteiger partial charge in [-0.25, -0.2) is 4.98 Å². The fourth-order valence-electron chi connectivity index (χ4n) is 5.92. The van der Waals surface area contributed by atoms with Crippen molar-refractivity contribution in [2.24, 2.45) is 5.41 Å². The Labute approximate surface area is 198 Å². The Morgan fingerprint density at radius 3 is 2.32 bits per heavy atom. The lowest BCUT2D eigenvalue weighted by molar-refractivity contribution is -0.154. The van der Waals surface area contributed by atoms with Crippen molar-refractivity contribution in [3.63, 3.8) is 0 Å². The first kappa shape index (κ1) is 20.8. The number of piperidine rings is 2. The number of carbonyl (C=O) groups excluding carboxylic acids is 1. The summed E-state index contributed by atoms with van der Waals surface area (Å²) in [6.07, 6.45) is 8.54. The van der Waals surface area contributed by atoms with Gasteiger partial charge in [-0.1, -0.05) is 47.6 Å². The lowest BCUT2D eigenvalue weighted by Crippen LogP contribution is -2.60. The molecular weight excluding hydrogens is 426 g/mol. The van der Waals surface area contributed by atoms with Crippen LogP contribution in [0.3, 0.4) is 0 Å². The van der Waals surface area contributed by atoms with Crippen LogP contribution in [-0.4, -0.2) is 46.1 Å². The Morgan fingerprint density at radius 2 is 1.59 bits per heavy atom. The number of likely N-dealkylation sites (tertiary alicyclic amines) is 1. The number of rotatable bonds is 3. The van der Waals surface area contributed by atoms with Crippen molar-refractivity contribution in [1.82, 2.24) is 20.0 Å². The second-order valence-corrected chi connectivity index (χ2v) is 9.49. The summed E-state index contributed by atoms with van der Waals surface area (Å²) in [6.45, 7) is 1.58. The topological polar surface area (TPSA) is 75.4 Å². The van der Waals surface area contributed by atoms with E-state index in [1.165, 1.54) is 0 Å². The molecule has 4 aromatic rings. The van der Waals surface area contributed by atoms with E-state index in [0.29, 0.717) is 0 Å². The van der Waals surface area contributed by atoms with Gasteiger partial charge in [-0.15, -0.1) is 0 Å². The third-order valence-corrected chi connectivity index (χ3v) is 7.94. The second kappa shape index (κ2) is 7.94. The fraction of sp³-hybridized carbons (Fsp3) is 0.333. The fourth-order valence-corrected chi connectivity index (χ4v) is 5.92. The molecule has 0 saturated carbocycles. The van der Waals surface area contributed by atoms with Crippen molar-refractivity contribution in [1.29, 1.82) is 0 Å². The van der Waals surface area contributed by atoms with Gasteiger partial charge in [-0.2, -0.15) is 0 Å². The van der Waals surface area contributed by atoms with Crippen LogP contribution in [-0.2, 0) is 10.3 Å². The molecule has 6 rings (SSSR count). The molecule has 2 aliphatic heterocycles. The third kappa shape index (κ3) is 3.10. The van der Waals surface area contributed by atoms with Gasteiger partial charge in [-0.05, 0) is 43.4 Å². The van der Waals surface area contributed by atoms with Crippen LogP contribution >= 0.6 is 0 Å². The van der Waals surface area contributed by atoms with Crippen LogP contribution < -0.4 is 4.90 Å². The van der Waals surface area contributed by atoms with Crippen LogP contribution in [0.5, 0.6) is 0 Å². The summed E-state index contributed by atoms with van der Waals surface area (Å²) in [4.78, 5) is 27.6. The number of hydrogen-bond acceptors (Lipinski definition) is 6. The number of anilines is 1. The Morgan fingerprint density at radius 1 is 0.853 bits per heavy atom. The van der Waals surface area contributed by atoms with Crippen molar-refractivity contribution in [2.75, 3.05) is 25.0 Å². The van der Waals surface area contributed by atoms with E-state index in [0.717, 1.165) is 66.8 Å². The highest BCUT2D eigenvalue weighted by Gasteiger charge is 2.55. The minimum absolute atomic E-state index is 0.202. The summed E-state index contributed by atoms with van der Waals surface area (Å²) in [5.74, 6) is 1.08. The van der Waals surface area contributed by atoms with E-state index in [1.54, 1.807) is 12.5 Å². The predicted molar refractivity (Wildman–Crippen MR) is 129 cm³/mol. The van der Waals surface area contributed by atoms with Crippen LogP contribution in [0.1, 0.15) is 36.8 Å². The van der Waals surface area contributed by atoms with Gasteiger partial charge in [0.2, 0.25) is 5.91 Å². The first-order chi connectivity index (χ1) is 16.6. The maximum Gasteiger partial charge on any atom is 0.229 e. The second-order valence-electron chi connectivity index (χ2n) is 9.49. The largest absolute Gasteiger partial charge is 0.364 e. The van der Waals surface area contributed by atoms with Gasteiger partial charge in [0.15, 0.2) is 0 Å². The van der Waals surface area contributed by atoms with Crippen molar-refractivity contribution < 1.29 is 9.32 Å².